The fraction of sp³-hybridized carbons (Fsp3) is 0.235. The fourth-order valence-electron chi connectivity index (χ4n) is 2.12. The zero-order chi connectivity index (χ0) is 14.4. The summed E-state index contributed by atoms with van der Waals surface area (Å²) in [6.45, 7) is 2.88. The van der Waals surface area contributed by atoms with Crippen molar-refractivity contribution in [3.8, 4) is 0 Å². The first-order valence-corrected chi connectivity index (χ1v) is 6.87. The summed E-state index contributed by atoms with van der Waals surface area (Å²) in [5.74, 6) is -0.313. The number of nitrogens with one attached hydrogen (secondary N) is 1. The van der Waals surface area contributed by atoms with Crippen LogP contribution in [0.3, 0.4) is 0 Å². The minimum Gasteiger partial charge on any atom is -0.381 e. The SMILES string of the molecule is CCc1ccc(CNc2ccccc2CC(N)=O)cc1. The van der Waals surface area contributed by atoms with E-state index in [0.29, 0.717) is 0 Å². The zero-order valence-corrected chi connectivity index (χ0v) is 11.7. The largest absolute Gasteiger partial charge is 0.381 e. The molecule has 0 saturated carbocycles. The molecule has 2 aromatic rings. The van der Waals surface area contributed by atoms with Crippen LogP contribution in [0.1, 0.15) is 23.6 Å². The summed E-state index contributed by atoms with van der Waals surface area (Å²) >= 11 is 0. The molecule has 104 valence electrons. The first-order chi connectivity index (χ1) is 9.69. The van der Waals surface area contributed by atoms with Crippen molar-refractivity contribution in [2.45, 2.75) is 26.3 Å². The van der Waals surface area contributed by atoms with Crippen LogP contribution in [0.2, 0.25) is 0 Å². The van der Waals surface area contributed by atoms with E-state index in [0.717, 1.165) is 24.2 Å². The number of hydrogen-bond acceptors (Lipinski definition) is 2. The van der Waals surface area contributed by atoms with Gasteiger partial charge < -0.3 is 11.1 Å². The van der Waals surface area contributed by atoms with Gasteiger partial charge in [0.05, 0.1) is 6.42 Å². The Bertz CT molecular complexity index is 576. The summed E-state index contributed by atoms with van der Waals surface area (Å²) in [6.07, 6.45) is 1.31. The molecule has 0 aliphatic rings. The number of primary amides is 1. The zero-order valence-electron chi connectivity index (χ0n) is 11.7. The molecule has 0 heterocycles. The van der Waals surface area contributed by atoms with Crippen LogP contribution in [0.4, 0.5) is 5.69 Å². The smallest absolute Gasteiger partial charge is 0.221 e. The van der Waals surface area contributed by atoms with Crippen molar-refractivity contribution in [1.29, 1.82) is 0 Å². The average molecular weight is 268 g/mol. The summed E-state index contributed by atoms with van der Waals surface area (Å²) < 4.78 is 0. The molecule has 3 heteroatoms. The van der Waals surface area contributed by atoms with Crippen molar-refractivity contribution in [1.82, 2.24) is 0 Å². The molecule has 0 saturated heterocycles. The second kappa shape index (κ2) is 6.75. The first-order valence-electron chi connectivity index (χ1n) is 6.87. The number of nitrogens with two attached hydrogens (primary N) is 1. The van der Waals surface area contributed by atoms with Crippen molar-refractivity contribution in [2.75, 3.05) is 5.32 Å². The standard InChI is InChI=1S/C17H20N2O/c1-2-13-7-9-14(10-8-13)12-19-16-6-4-3-5-15(16)11-17(18)20/h3-10,19H,2,11-12H2,1H3,(H2,18,20). The summed E-state index contributed by atoms with van der Waals surface area (Å²) in [5, 5.41) is 3.36. The number of hydrogen-bond donors (Lipinski definition) is 2. The van der Waals surface area contributed by atoms with Crippen molar-refractivity contribution < 1.29 is 4.79 Å². The second-order valence-corrected chi connectivity index (χ2v) is 4.82. The molecule has 0 fully saturated rings. The quantitative estimate of drug-likeness (QED) is 0.846. The highest BCUT2D eigenvalue weighted by Gasteiger charge is 2.04. The molecule has 2 aromatic carbocycles. The second-order valence-electron chi connectivity index (χ2n) is 4.82. The van der Waals surface area contributed by atoms with Gasteiger partial charge in [-0.05, 0) is 29.2 Å². The Kier molecular flexibility index (Phi) is 4.77. The Morgan fingerprint density at radius 2 is 1.70 bits per heavy atom. The van der Waals surface area contributed by atoms with E-state index in [1.54, 1.807) is 0 Å². The average Bonchev–Trinajstić information content (AvgIpc) is 2.46. The van der Waals surface area contributed by atoms with Crippen LogP contribution in [-0.2, 0) is 24.2 Å². The van der Waals surface area contributed by atoms with Crippen LogP contribution in [-0.4, -0.2) is 5.91 Å². The van der Waals surface area contributed by atoms with E-state index in [1.165, 1.54) is 11.1 Å². The number of carbonyl (C=O) groups excluding carboxylic acids is 1. The molecule has 0 aliphatic carbocycles. The van der Waals surface area contributed by atoms with Gasteiger partial charge in [-0.1, -0.05) is 49.4 Å². The Morgan fingerprint density at radius 1 is 1.05 bits per heavy atom. The van der Waals surface area contributed by atoms with E-state index in [-0.39, 0.29) is 12.3 Å². The molecule has 0 spiro atoms. The van der Waals surface area contributed by atoms with E-state index in [2.05, 4.69) is 36.5 Å². The molecular weight excluding hydrogens is 248 g/mol. The highest BCUT2D eigenvalue weighted by Crippen LogP contribution is 2.17. The maximum absolute atomic E-state index is 11.1. The molecule has 0 aromatic heterocycles. The van der Waals surface area contributed by atoms with Gasteiger partial charge in [-0.2, -0.15) is 0 Å². The van der Waals surface area contributed by atoms with Crippen LogP contribution >= 0.6 is 0 Å². The minimum absolute atomic E-state index is 0.262. The summed E-state index contributed by atoms with van der Waals surface area (Å²) in [4.78, 5) is 11.1. The van der Waals surface area contributed by atoms with Crippen LogP contribution < -0.4 is 11.1 Å². The van der Waals surface area contributed by atoms with E-state index >= 15 is 0 Å². The third-order valence-electron chi connectivity index (χ3n) is 3.30. The monoisotopic (exact) mass is 268 g/mol. The third-order valence-corrected chi connectivity index (χ3v) is 3.30. The Hall–Kier alpha value is -2.29. The summed E-state index contributed by atoms with van der Waals surface area (Å²) in [5.41, 5.74) is 9.72. The van der Waals surface area contributed by atoms with E-state index in [4.69, 9.17) is 5.73 Å². The molecule has 0 radical (unpaired) electrons. The van der Waals surface area contributed by atoms with Gasteiger partial charge in [0, 0.05) is 12.2 Å². The number of rotatable bonds is 6. The molecule has 2 rings (SSSR count). The van der Waals surface area contributed by atoms with Gasteiger partial charge in [0.2, 0.25) is 5.91 Å². The number of para-hydroxylation sites is 1. The van der Waals surface area contributed by atoms with Crippen LogP contribution in [0, 0.1) is 0 Å². The highest BCUT2D eigenvalue weighted by molar-refractivity contribution is 5.78. The van der Waals surface area contributed by atoms with E-state index in [1.807, 2.05) is 24.3 Å². The number of benzene rings is 2. The maximum atomic E-state index is 11.1. The molecule has 3 N–H and O–H groups in total. The topological polar surface area (TPSA) is 55.1 Å². The predicted molar refractivity (Wildman–Crippen MR) is 82.5 cm³/mol. The molecule has 0 bridgehead atoms. The molecule has 0 aliphatic heterocycles. The normalized spacial score (nSPS) is 10.2. The van der Waals surface area contributed by atoms with Crippen molar-refractivity contribution in [3.05, 3.63) is 65.2 Å². The summed E-state index contributed by atoms with van der Waals surface area (Å²) in [7, 11) is 0. The molecule has 0 unspecified atom stereocenters. The Balaban J connectivity index is 2.04. The van der Waals surface area contributed by atoms with E-state index in [9.17, 15) is 4.79 Å². The molecule has 3 nitrogen and oxygen atoms in total. The lowest BCUT2D eigenvalue weighted by Gasteiger charge is -2.11. The first kappa shape index (κ1) is 14.1. The summed E-state index contributed by atoms with van der Waals surface area (Å²) in [6, 6.07) is 16.3. The Labute approximate surface area is 119 Å². The van der Waals surface area contributed by atoms with Crippen molar-refractivity contribution >= 4 is 11.6 Å². The van der Waals surface area contributed by atoms with Gasteiger partial charge in [-0.15, -0.1) is 0 Å². The number of anilines is 1. The molecular formula is C17H20N2O. The van der Waals surface area contributed by atoms with Gasteiger partial charge in [-0.25, -0.2) is 0 Å². The number of carbonyl (C=O) groups is 1. The van der Waals surface area contributed by atoms with Crippen LogP contribution in [0.5, 0.6) is 0 Å². The Morgan fingerprint density at radius 3 is 2.35 bits per heavy atom. The molecule has 20 heavy (non-hydrogen) atoms. The third kappa shape index (κ3) is 3.85. The maximum Gasteiger partial charge on any atom is 0.221 e. The van der Waals surface area contributed by atoms with Gasteiger partial charge in [0.1, 0.15) is 0 Å². The molecule has 0 atom stereocenters. The lowest BCUT2D eigenvalue weighted by molar-refractivity contribution is -0.117. The van der Waals surface area contributed by atoms with Gasteiger partial charge >= 0.3 is 0 Å². The van der Waals surface area contributed by atoms with Gasteiger partial charge in [0.15, 0.2) is 0 Å². The number of aryl methyl sites for hydroxylation is 1. The van der Waals surface area contributed by atoms with Gasteiger partial charge in [0.25, 0.3) is 0 Å². The predicted octanol–water partition coefficient (Wildman–Crippen LogP) is 2.89. The molecule has 1 amide bonds. The highest BCUT2D eigenvalue weighted by atomic mass is 16.1. The van der Waals surface area contributed by atoms with Crippen LogP contribution in [0.25, 0.3) is 0 Å². The van der Waals surface area contributed by atoms with Crippen LogP contribution in [0.15, 0.2) is 48.5 Å². The van der Waals surface area contributed by atoms with Gasteiger partial charge in [-0.3, -0.25) is 4.79 Å². The van der Waals surface area contributed by atoms with Crippen molar-refractivity contribution in [2.24, 2.45) is 5.73 Å². The minimum atomic E-state index is -0.313. The van der Waals surface area contributed by atoms with E-state index < -0.39 is 0 Å². The number of amides is 1. The lowest BCUT2D eigenvalue weighted by atomic mass is 10.1. The lowest BCUT2D eigenvalue weighted by Crippen LogP contribution is -2.15. The van der Waals surface area contributed by atoms with Crippen molar-refractivity contribution in [3.63, 3.8) is 0 Å². The fourth-order valence-corrected chi connectivity index (χ4v) is 2.12.